The Morgan fingerprint density at radius 2 is 1.66 bits per heavy atom. The van der Waals surface area contributed by atoms with Crippen molar-refractivity contribution in [3.05, 3.63) is 70.8 Å². The summed E-state index contributed by atoms with van der Waals surface area (Å²) in [6.07, 6.45) is 0. The Balaban J connectivity index is 2.06. The van der Waals surface area contributed by atoms with Gasteiger partial charge in [-0.3, -0.25) is 14.5 Å². The van der Waals surface area contributed by atoms with Crippen molar-refractivity contribution in [1.29, 1.82) is 0 Å². The van der Waals surface area contributed by atoms with E-state index in [-0.39, 0.29) is 12.5 Å². The predicted octanol–water partition coefficient (Wildman–Crippen LogP) is 3.01. The molecule has 0 saturated carbocycles. The standard InChI is InChI=1S/C23H27N3O3/c1-15-11-12-18(13-16(15)2)23(17-9-7-6-8-10-17)20(28)26(21(29)25-23)14-19(27)24-22(3,4)5/h6-13H,14H2,1-5H3,(H,24,27)(H,25,29)/t23-/m0/s1. The molecule has 0 aromatic heterocycles. The molecule has 1 aliphatic rings. The van der Waals surface area contributed by atoms with E-state index in [4.69, 9.17) is 0 Å². The summed E-state index contributed by atoms with van der Waals surface area (Å²) in [6.45, 7) is 9.17. The van der Waals surface area contributed by atoms with Crippen LogP contribution in [0.4, 0.5) is 4.79 Å². The molecule has 1 saturated heterocycles. The summed E-state index contributed by atoms with van der Waals surface area (Å²) in [5.41, 5.74) is 1.61. The second-order valence-corrected chi connectivity index (χ2v) is 8.53. The number of rotatable bonds is 4. The van der Waals surface area contributed by atoms with Crippen LogP contribution in [0.1, 0.15) is 43.0 Å². The number of carbonyl (C=O) groups is 3. The van der Waals surface area contributed by atoms with Crippen LogP contribution in [0.5, 0.6) is 0 Å². The maximum absolute atomic E-state index is 13.6. The van der Waals surface area contributed by atoms with Crippen LogP contribution in [0.2, 0.25) is 0 Å². The van der Waals surface area contributed by atoms with Crippen molar-refractivity contribution in [2.75, 3.05) is 6.54 Å². The molecule has 152 valence electrons. The zero-order chi connectivity index (χ0) is 21.4. The Kier molecular flexibility index (Phi) is 5.22. The number of amides is 4. The molecular formula is C23H27N3O3. The minimum Gasteiger partial charge on any atom is -0.350 e. The quantitative estimate of drug-likeness (QED) is 0.784. The summed E-state index contributed by atoms with van der Waals surface area (Å²) in [6, 6.07) is 14.3. The third-order valence-electron chi connectivity index (χ3n) is 5.07. The van der Waals surface area contributed by atoms with E-state index >= 15 is 0 Å². The number of benzene rings is 2. The van der Waals surface area contributed by atoms with Gasteiger partial charge < -0.3 is 10.6 Å². The van der Waals surface area contributed by atoms with Gasteiger partial charge in [-0.1, -0.05) is 48.5 Å². The smallest absolute Gasteiger partial charge is 0.326 e. The van der Waals surface area contributed by atoms with Gasteiger partial charge in [0.15, 0.2) is 5.54 Å². The van der Waals surface area contributed by atoms with Gasteiger partial charge in [-0.2, -0.15) is 0 Å². The first kappa shape index (κ1) is 20.6. The zero-order valence-electron chi connectivity index (χ0n) is 17.5. The molecule has 4 amide bonds. The molecule has 6 heteroatoms. The molecule has 2 N–H and O–H groups in total. The molecular weight excluding hydrogens is 366 g/mol. The van der Waals surface area contributed by atoms with E-state index in [0.29, 0.717) is 11.1 Å². The minimum atomic E-state index is -1.36. The lowest BCUT2D eigenvalue weighted by Gasteiger charge is -2.29. The average molecular weight is 393 g/mol. The summed E-state index contributed by atoms with van der Waals surface area (Å²) in [5.74, 6) is -0.842. The number of urea groups is 1. The molecule has 0 unspecified atom stereocenters. The van der Waals surface area contributed by atoms with Gasteiger partial charge in [0.2, 0.25) is 5.91 Å². The molecule has 0 radical (unpaired) electrons. The number of nitrogens with one attached hydrogen (secondary N) is 2. The monoisotopic (exact) mass is 393 g/mol. The fourth-order valence-electron chi connectivity index (χ4n) is 3.54. The highest BCUT2D eigenvalue weighted by atomic mass is 16.2. The molecule has 6 nitrogen and oxygen atoms in total. The van der Waals surface area contributed by atoms with Crippen molar-refractivity contribution in [2.45, 2.75) is 45.7 Å². The molecule has 1 heterocycles. The fraction of sp³-hybridized carbons (Fsp3) is 0.348. The third kappa shape index (κ3) is 3.88. The minimum absolute atomic E-state index is 0.332. The molecule has 0 spiro atoms. The van der Waals surface area contributed by atoms with E-state index in [1.54, 1.807) is 0 Å². The fourth-order valence-corrected chi connectivity index (χ4v) is 3.54. The molecule has 2 aromatic rings. The first-order chi connectivity index (χ1) is 13.5. The van der Waals surface area contributed by atoms with E-state index in [2.05, 4.69) is 10.6 Å². The molecule has 0 aliphatic carbocycles. The maximum atomic E-state index is 13.6. The largest absolute Gasteiger partial charge is 0.350 e. The van der Waals surface area contributed by atoms with Gasteiger partial charge in [-0.25, -0.2) is 4.79 Å². The highest BCUT2D eigenvalue weighted by molar-refractivity contribution is 6.11. The molecule has 1 atom stereocenters. The van der Waals surface area contributed by atoms with Gasteiger partial charge in [-0.15, -0.1) is 0 Å². The summed E-state index contributed by atoms with van der Waals surface area (Å²) < 4.78 is 0. The van der Waals surface area contributed by atoms with Crippen LogP contribution in [0.15, 0.2) is 48.5 Å². The number of carbonyl (C=O) groups excluding carboxylic acids is 3. The molecule has 1 aliphatic heterocycles. The van der Waals surface area contributed by atoms with E-state index in [0.717, 1.165) is 16.0 Å². The van der Waals surface area contributed by atoms with E-state index in [1.165, 1.54) is 0 Å². The Labute approximate surface area is 171 Å². The summed E-state index contributed by atoms with van der Waals surface area (Å²) >= 11 is 0. The predicted molar refractivity (Wildman–Crippen MR) is 111 cm³/mol. The van der Waals surface area contributed by atoms with Crippen molar-refractivity contribution in [1.82, 2.24) is 15.5 Å². The maximum Gasteiger partial charge on any atom is 0.326 e. The average Bonchev–Trinajstić information content (AvgIpc) is 2.89. The highest BCUT2D eigenvalue weighted by Crippen LogP contribution is 2.36. The second-order valence-electron chi connectivity index (χ2n) is 8.53. The van der Waals surface area contributed by atoms with Gasteiger partial charge in [0.05, 0.1) is 0 Å². The normalized spacial score (nSPS) is 19.3. The van der Waals surface area contributed by atoms with Gasteiger partial charge in [0.1, 0.15) is 6.54 Å². The Morgan fingerprint density at radius 3 is 2.24 bits per heavy atom. The van der Waals surface area contributed by atoms with Crippen molar-refractivity contribution in [3.63, 3.8) is 0 Å². The Hall–Kier alpha value is -3.15. The molecule has 1 fully saturated rings. The highest BCUT2D eigenvalue weighted by Gasteiger charge is 2.54. The van der Waals surface area contributed by atoms with Crippen molar-refractivity contribution >= 4 is 17.8 Å². The van der Waals surface area contributed by atoms with E-state index in [1.807, 2.05) is 83.1 Å². The molecule has 0 bridgehead atoms. The number of nitrogens with zero attached hydrogens (tertiary/aromatic N) is 1. The van der Waals surface area contributed by atoms with Gasteiger partial charge in [-0.05, 0) is 56.9 Å². The first-order valence-electron chi connectivity index (χ1n) is 9.63. The van der Waals surface area contributed by atoms with Crippen LogP contribution >= 0.6 is 0 Å². The topological polar surface area (TPSA) is 78.5 Å². The number of hydrogen-bond acceptors (Lipinski definition) is 3. The van der Waals surface area contributed by atoms with Crippen LogP contribution in [-0.4, -0.2) is 34.8 Å². The molecule has 2 aromatic carbocycles. The SMILES string of the molecule is Cc1ccc([C@]2(c3ccccc3)NC(=O)N(CC(=O)NC(C)(C)C)C2=O)cc1C. The van der Waals surface area contributed by atoms with E-state index in [9.17, 15) is 14.4 Å². The zero-order valence-corrected chi connectivity index (χ0v) is 17.5. The van der Waals surface area contributed by atoms with Crippen LogP contribution in [-0.2, 0) is 15.1 Å². The van der Waals surface area contributed by atoms with Gasteiger partial charge in [0, 0.05) is 5.54 Å². The summed E-state index contributed by atoms with van der Waals surface area (Å²) in [7, 11) is 0. The summed E-state index contributed by atoms with van der Waals surface area (Å²) in [4.78, 5) is 39.8. The molecule has 3 rings (SSSR count). The Morgan fingerprint density at radius 1 is 1.00 bits per heavy atom. The number of imide groups is 1. The van der Waals surface area contributed by atoms with Crippen molar-refractivity contribution in [3.8, 4) is 0 Å². The van der Waals surface area contributed by atoms with Gasteiger partial charge >= 0.3 is 6.03 Å². The summed E-state index contributed by atoms with van der Waals surface area (Å²) in [5, 5.41) is 5.67. The lowest BCUT2D eigenvalue weighted by molar-refractivity contribution is -0.134. The molecule has 29 heavy (non-hydrogen) atoms. The third-order valence-corrected chi connectivity index (χ3v) is 5.07. The van der Waals surface area contributed by atoms with Crippen LogP contribution in [0, 0.1) is 13.8 Å². The Bertz CT molecular complexity index is 963. The van der Waals surface area contributed by atoms with E-state index < -0.39 is 23.0 Å². The van der Waals surface area contributed by atoms with Crippen molar-refractivity contribution < 1.29 is 14.4 Å². The van der Waals surface area contributed by atoms with Crippen LogP contribution in [0.25, 0.3) is 0 Å². The second kappa shape index (κ2) is 7.35. The number of aryl methyl sites for hydroxylation is 2. The lowest BCUT2D eigenvalue weighted by Crippen LogP contribution is -2.48. The van der Waals surface area contributed by atoms with Crippen LogP contribution < -0.4 is 10.6 Å². The van der Waals surface area contributed by atoms with Crippen molar-refractivity contribution in [2.24, 2.45) is 0 Å². The van der Waals surface area contributed by atoms with Gasteiger partial charge in [0.25, 0.3) is 5.91 Å². The number of hydrogen-bond donors (Lipinski definition) is 2. The first-order valence-corrected chi connectivity index (χ1v) is 9.63. The van der Waals surface area contributed by atoms with Crippen LogP contribution in [0.3, 0.4) is 0 Å². The lowest BCUT2D eigenvalue weighted by atomic mass is 9.81.